The first kappa shape index (κ1) is 13.6. The molecule has 0 atom stereocenters. The Labute approximate surface area is 124 Å². The third-order valence-electron chi connectivity index (χ3n) is 3.47. The van der Waals surface area contributed by atoms with Gasteiger partial charge in [-0.25, -0.2) is 9.78 Å². The van der Waals surface area contributed by atoms with Crippen molar-refractivity contribution in [2.75, 3.05) is 0 Å². The molecular formula is C14H13ClN4O2. The van der Waals surface area contributed by atoms with Crippen molar-refractivity contribution in [3.05, 3.63) is 49.6 Å². The summed E-state index contributed by atoms with van der Waals surface area (Å²) in [4.78, 5) is 33.3. The Morgan fingerprint density at radius 1 is 1.29 bits per heavy atom. The number of hydrogen-bond acceptors (Lipinski definition) is 3. The quantitative estimate of drug-likeness (QED) is 0.760. The average molecular weight is 305 g/mol. The zero-order valence-corrected chi connectivity index (χ0v) is 12.3. The van der Waals surface area contributed by atoms with Gasteiger partial charge in [-0.05, 0) is 25.5 Å². The molecule has 0 amide bonds. The molecule has 7 heteroatoms. The lowest BCUT2D eigenvalue weighted by atomic mass is 10.1. The Hall–Kier alpha value is -2.34. The normalized spacial score (nSPS) is 11.2. The van der Waals surface area contributed by atoms with Crippen molar-refractivity contribution in [2.45, 2.75) is 20.4 Å². The standard InChI is InChI=1S/C14H13ClN4O2/c1-3-19-12-10(13(20)18-14(19)21)16-11(17-12)8-5-4-6-9(15)7(8)2/h4-6H,3H2,1-2H3,(H,16,17)(H,18,20,21). The van der Waals surface area contributed by atoms with Gasteiger partial charge in [0.1, 0.15) is 11.3 Å². The van der Waals surface area contributed by atoms with Crippen LogP contribution in [0.15, 0.2) is 27.8 Å². The molecule has 3 aromatic rings. The van der Waals surface area contributed by atoms with Crippen LogP contribution in [0.3, 0.4) is 0 Å². The molecule has 0 saturated carbocycles. The fourth-order valence-electron chi connectivity index (χ4n) is 2.33. The summed E-state index contributed by atoms with van der Waals surface area (Å²) in [5.74, 6) is 0.517. The second-order valence-corrected chi connectivity index (χ2v) is 5.11. The highest BCUT2D eigenvalue weighted by Gasteiger charge is 2.14. The van der Waals surface area contributed by atoms with Crippen molar-refractivity contribution in [3.8, 4) is 11.4 Å². The van der Waals surface area contributed by atoms with E-state index in [1.807, 2.05) is 26.0 Å². The van der Waals surface area contributed by atoms with Gasteiger partial charge in [0.15, 0.2) is 5.65 Å². The van der Waals surface area contributed by atoms with Crippen LogP contribution in [0.5, 0.6) is 0 Å². The zero-order chi connectivity index (χ0) is 15.1. The van der Waals surface area contributed by atoms with Gasteiger partial charge in [0.05, 0.1) is 0 Å². The number of hydrogen-bond donors (Lipinski definition) is 2. The maximum absolute atomic E-state index is 11.9. The molecule has 0 spiro atoms. The lowest BCUT2D eigenvalue weighted by molar-refractivity contribution is 0.720. The molecular weight excluding hydrogens is 292 g/mol. The van der Waals surface area contributed by atoms with Gasteiger partial charge in [-0.15, -0.1) is 0 Å². The van der Waals surface area contributed by atoms with Crippen LogP contribution < -0.4 is 11.2 Å². The molecule has 0 aliphatic rings. The minimum atomic E-state index is -0.474. The Kier molecular flexibility index (Phi) is 3.17. The van der Waals surface area contributed by atoms with Gasteiger partial charge in [0.25, 0.3) is 5.56 Å². The number of imidazole rings is 1. The number of halogens is 1. The molecule has 0 aliphatic heterocycles. The molecule has 0 bridgehead atoms. The molecule has 0 fully saturated rings. The smallest absolute Gasteiger partial charge is 0.330 e. The summed E-state index contributed by atoms with van der Waals surface area (Å²) in [6.45, 7) is 4.12. The Bertz CT molecular complexity index is 952. The van der Waals surface area contributed by atoms with E-state index in [0.717, 1.165) is 11.1 Å². The van der Waals surface area contributed by atoms with Gasteiger partial charge in [-0.1, -0.05) is 23.7 Å². The lowest BCUT2D eigenvalue weighted by Crippen LogP contribution is -2.29. The first-order valence-corrected chi connectivity index (χ1v) is 6.89. The summed E-state index contributed by atoms with van der Waals surface area (Å²) >= 11 is 6.11. The third-order valence-corrected chi connectivity index (χ3v) is 3.88. The van der Waals surface area contributed by atoms with Crippen LogP contribution in [0.1, 0.15) is 12.5 Å². The van der Waals surface area contributed by atoms with Crippen molar-refractivity contribution >= 4 is 22.8 Å². The number of rotatable bonds is 2. The van der Waals surface area contributed by atoms with Crippen molar-refractivity contribution in [1.29, 1.82) is 0 Å². The topological polar surface area (TPSA) is 83.5 Å². The molecule has 0 saturated heterocycles. The van der Waals surface area contributed by atoms with Gasteiger partial charge in [-0.2, -0.15) is 0 Å². The minimum Gasteiger partial charge on any atom is -0.332 e. The molecule has 108 valence electrons. The molecule has 1 aromatic carbocycles. The number of fused-ring (bicyclic) bond motifs is 1. The maximum atomic E-state index is 11.9. The summed E-state index contributed by atoms with van der Waals surface area (Å²) in [7, 11) is 0. The van der Waals surface area contributed by atoms with E-state index >= 15 is 0 Å². The van der Waals surface area contributed by atoms with Crippen LogP contribution in [-0.2, 0) is 6.54 Å². The van der Waals surface area contributed by atoms with Crippen LogP contribution in [0.25, 0.3) is 22.6 Å². The number of aromatic amines is 2. The molecule has 0 radical (unpaired) electrons. The minimum absolute atomic E-state index is 0.283. The molecule has 2 aromatic heterocycles. The van der Waals surface area contributed by atoms with Gasteiger partial charge < -0.3 is 4.98 Å². The summed E-state index contributed by atoms with van der Waals surface area (Å²) in [5, 5.41) is 0.620. The number of aryl methyl sites for hydroxylation is 1. The molecule has 21 heavy (non-hydrogen) atoms. The highest BCUT2D eigenvalue weighted by Crippen LogP contribution is 2.27. The zero-order valence-electron chi connectivity index (χ0n) is 11.5. The fraction of sp³-hybridized carbons (Fsp3) is 0.214. The van der Waals surface area contributed by atoms with E-state index in [-0.39, 0.29) is 5.52 Å². The summed E-state index contributed by atoms with van der Waals surface area (Å²) in [5.41, 5.74) is 1.36. The maximum Gasteiger partial charge on any atom is 0.330 e. The monoisotopic (exact) mass is 304 g/mol. The van der Waals surface area contributed by atoms with Crippen LogP contribution in [0.2, 0.25) is 5.02 Å². The lowest BCUT2D eigenvalue weighted by Gasteiger charge is -2.03. The number of nitrogens with zero attached hydrogens (tertiary/aromatic N) is 2. The number of benzene rings is 1. The van der Waals surface area contributed by atoms with Crippen molar-refractivity contribution in [2.24, 2.45) is 0 Å². The van der Waals surface area contributed by atoms with Crippen LogP contribution in [0.4, 0.5) is 0 Å². The summed E-state index contributed by atoms with van der Waals surface area (Å²) < 4.78 is 1.41. The Morgan fingerprint density at radius 3 is 2.76 bits per heavy atom. The van der Waals surface area contributed by atoms with E-state index < -0.39 is 11.2 Å². The Morgan fingerprint density at radius 2 is 2.05 bits per heavy atom. The number of H-pyrrole nitrogens is 2. The SMILES string of the molecule is CCn1c(=O)[nH]c(=O)c2[nH]c(-c3cccc(Cl)c3C)nc21. The predicted molar refractivity (Wildman–Crippen MR) is 81.8 cm³/mol. The van der Waals surface area contributed by atoms with Gasteiger partial charge in [-0.3, -0.25) is 14.3 Å². The van der Waals surface area contributed by atoms with Crippen molar-refractivity contribution in [1.82, 2.24) is 19.5 Å². The van der Waals surface area contributed by atoms with E-state index in [9.17, 15) is 9.59 Å². The van der Waals surface area contributed by atoms with Crippen LogP contribution in [-0.4, -0.2) is 19.5 Å². The first-order valence-electron chi connectivity index (χ1n) is 6.51. The average Bonchev–Trinajstić information content (AvgIpc) is 2.87. The highest BCUT2D eigenvalue weighted by atomic mass is 35.5. The molecule has 2 heterocycles. The van der Waals surface area contributed by atoms with E-state index in [2.05, 4.69) is 15.0 Å². The van der Waals surface area contributed by atoms with E-state index in [4.69, 9.17) is 11.6 Å². The second kappa shape index (κ2) is 4.89. The second-order valence-electron chi connectivity index (χ2n) is 4.70. The molecule has 3 rings (SSSR count). The van der Waals surface area contributed by atoms with Gasteiger partial charge in [0, 0.05) is 17.1 Å². The number of nitrogens with one attached hydrogen (secondary N) is 2. The van der Waals surface area contributed by atoms with Crippen LogP contribution >= 0.6 is 11.6 Å². The predicted octanol–water partition coefficient (Wildman–Crippen LogP) is 2.06. The Balaban J connectivity index is 2.37. The van der Waals surface area contributed by atoms with E-state index in [1.54, 1.807) is 6.07 Å². The van der Waals surface area contributed by atoms with Gasteiger partial charge >= 0.3 is 5.69 Å². The largest absolute Gasteiger partial charge is 0.332 e. The van der Waals surface area contributed by atoms with Crippen LogP contribution in [0, 0.1) is 6.92 Å². The molecule has 0 unspecified atom stereocenters. The third kappa shape index (κ3) is 2.08. The number of aromatic nitrogens is 4. The summed E-state index contributed by atoms with van der Waals surface area (Å²) in [6.07, 6.45) is 0. The molecule has 6 nitrogen and oxygen atoms in total. The van der Waals surface area contributed by atoms with Gasteiger partial charge in [0.2, 0.25) is 0 Å². The molecule has 2 N–H and O–H groups in total. The van der Waals surface area contributed by atoms with E-state index in [0.29, 0.717) is 23.0 Å². The molecule has 0 aliphatic carbocycles. The highest BCUT2D eigenvalue weighted by molar-refractivity contribution is 6.31. The fourth-order valence-corrected chi connectivity index (χ4v) is 2.50. The van der Waals surface area contributed by atoms with Crippen molar-refractivity contribution in [3.63, 3.8) is 0 Å². The van der Waals surface area contributed by atoms with E-state index in [1.165, 1.54) is 4.57 Å². The summed E-state index contributed by atoms with van der Waals surface area (Å²) in [6, 6.07) is 5.47. The first-order chi connectivity index (χ1) is 10.0. The van der Waals surface area contributed by atoms with Crippen molar-refractivity contribution < 1.29 is 0 Å².